The Labute approximate surface area is 96.0 Å². The van der Waals surface area contributed by atoms with Crippen molar-refractivity contribution < 1.29 is 49.4 Å². The van der Waals surface area contributed by atoms with Crippen LogP contribution in [0, 0.1) is 0 Å². The first-order valence-corrected chi connectivity index (χ1v) is 3.95. The Hall–Kier alpha value is 0.250. The number of carbonyl (C=O) groups excluding carboxylic acids is 1. The predicted molar refractivity (Wildman–Crippen MR) is 37.9 cm³/mol. The Bertz CT molecular complexity index is 166. The van der Waals surface area contributed by atoms with Crippen LogP contribution < -0.4 is 40.4 Å². The Morgan fingerprint density at radius 2 is 2.08 bits per heavy atom. The standard InChI is InChI=1S/C5H9NO4S.Na/c6-3(5(9)10)1-11-2-4(7)8;/h3H,1-2,6H2,(H,7,8)(H,9,10);/q;+1/p-1/t3-;/m1./s1. The third-order valence-electron chi connectivity index (χ3n) is 0.826. The van der Waals surface area contributed by atoms with E-state index >= 15 is 0 Å². The minimum atomic E-state index is -1.36. The van der Waals surface area contributed by atoms with Gasteiger partial charge in [-0.05, 0) is 0 Å². The van der Waals surface area contributed by atoms with Crippen LogP contribution in [0.3, 0.4) is 0 Å². The van der Waals surface area contributed by atoms with Crippen LogP contribution in [-0.2, 0) is 9.59 Å². The molecule has 0 bridgehead atoms. The summed E-state index contributed by atoms with van der Waals surface area (Å²) in [6, 6.07) is -1.08. The van der Waals surface area contributed by atoms with E-state index in [1.54, 1.807) is 0 Å². The zero-order valence-corrected chi connectivity index (χ0v) is 9.47. The topological polar surface area (TPSA) is 103 Å². The number of hydrogen-bond donors (Lipinski definition) is 2. The zero-order valence-electron chi connectivity index (χ0n) is 6.65. The maximum atomic E-state index is 9.98. The predicted octanol–water partition coefficient (Wildman–Crippen LogP) is -5.11. The first-order valence-electron chi connectivity index (χ1n) is 2.80. The molecule has 0 amide bonds. The summed E-state index contributed by atoms with van der Waals surface area (Å²) in [5.74, 6) is -2.42. The van der Waals surface area contributed by atoms with Gasteiger partial charge in [-0.15, -0.1) is 11.8 Å². The molecule has 7 heteroatoms. The molecule has 64 valence electrons. The molecule has 0 fully saturated rings. The molecule has 0 aliphatic heterocycles. The average molecular weight is 201 g/mol. The van der Waals surface area contributed by atoms with E-state index in [1.807, 2.05) is 0 Å². The summed E-state index contributed by atoms with van der Waals surface area (Å²) in [5.41, 5.74) is 5.03. The Morgan fingerprint density at radius 1 is 1.58 bits per heavy atom. The first kappa shape index (κ1) is 14.8. The second-order valence-electron chi connectivity index (χ2n) is 1.83. The van der Waals surface area contributed by atoms with Crippen LogP contribution in [-0.4, -0.2) is 34.6 Å². The number of carbonyl (C=O) groups is 2. The van der Waals surface area contributed by atoms with Gasteiger partial charge in [0.05, 0.1) is 17.8 Å². The van der Waals surface area contributed by atoms with E-state index in [2.05, 4.69) is 0 Å². The van der Waals surface area contributed by atoms with Gasteiger partial charge >= 0.3 is 35.5 Å². The molecule has 0 aliphatic carbocycles. The van der Waals surface area contributed by atoms with Crippen LogP contribution in [0.5, 0.6) is 0 Å². The normalized spacial score (nSPS) is 11.4. The van der Waals surface area contributed by atoms with Crippen molar-refractivity contribution in [2.75, 3.05) is 11.5 Å². The van der Waals surface area contributed by atoms with Gasteiger partial charge in [-0.3, -0.25) is 4.79 Å². The van der Waals surface area contributed by atoms with Gasteiger partial charge in [0.1, 0.15) is 0 Å². The zero-order chi connectivity index (χ0) is 8.85. The van der Waals surface area contributed by atoms with Crippen LogP contribution in [0.25, 0.3) is 0 Å². The third-order valence-corrected chi connectivity index (χ3v) is 1.87. The molecule has 1 atom stereocenters. The van der Waals surface area contributed by atoms with Crippen molar-refractivity contribution in [3.05, 3.63) is 0 Å². The number of rotatable bonds is 5. The minimum Gasteiger partial charge on any atom is -0.548 e. The van der Waals surface area contributed by atoms with Gasteiger partial charge in [0, 0.05) is 5.75 Å². The molecule has 0 heterocycles. The smallest absolute Gasteiger partial charge is 0.548 e. The maximum absolute atomic E-state index is 9.98. The second kappa shape index (κ2) is 7.88. The fourth-order valence-electron chi connectivity index (χ4n) is 0.341. The summed E-state index contributed by atoms with van der Waals surface area (Å²) in [7, 11) is 0. The second-order valence-corrected chi connectivity index (χ2v) is 2.86. The van der Waals surface area contributed by atoms with E-state index in [9.17, 15) is 14.7 Å². The largest absolute Gasteiger partial charge is 1.00 e. The van der Waals surface area contributed by atoms with Gasteiger partial charge in [-0.1, -0.05) is 0 Å². The van der Waals surface area contributed by atoms with Crippen molar-refractivity contribution >= 4 is 23.7 Å². The van der Waals surface area contributed by atoms with Gasteiger partial charge in [0.2, 0.25) is 0 Å². The molecule has 0 aromatic carbocycles. The molecule has 3 N–H and O–H groups in total. The SMILES string of the molecule is N[C@H](CSCC(=O)O)C(=O)[O-].[Na+]. The monoisotopic (exact) mass is 201 g/mol. The third kappa shape index (κ3) is 8.35. The Kier molecular flexibility index (Phi) is 9.69. The van der Waals surface area contributed by atoms with E-state index in [0.29, 0.717) is 0 Å². The van der Waals surface area contributed by atoms with Crippen LogP contribution in [0.4, 0.5) is 0 Å². The summed E-state index contributed by atoms with van der Waals surface area (Å²) < 4.78 is 0. The summed E-state index contributed by atoms with van der Waals surface area (Å²) in [6.07, 6.45) is 0. The summed E-state index contributed by atoms with van der Waals surface area (Å²) in [5, 5.41) is 18.1. The minimum absolute atomic E-state index is 0. The molecule has 0 aromatic heterocycles. The first-order chi connectivity index (χ1) is 5.04. The van der Waals surface area contributed by atoms with Crippen LogP contribution in [0.15, 0.2) is 0 Å². The average Bonchev–Trinajstić information content (AvgIpc) is 1.86. The van der Waals surface area contributed by atoms with E-state index < -0.39 is 18.0 Å². The van der Waals surface area contributed by atoms with Crippen LogP contribution in [0.1, 0.15) is 0 Å². The molecule has 0 rings (SSSR count). The molecule has 0 saturated carbocycles. The number of hydrogen-bond acceptors (Lipinski definition) is 5. The number of aliphatic carboxylic acids is 2. The quantitative estimate of drug-likeness (QED) is 0.431. The van der Waals surface area contributed by atoms with Crippen molar-refractivity contribution in [3.63, 3.8) is 0 Å². The molecule has 0 spiro atoms. The summed E-state index contributed by atoms with van der Waals surface area (Å²) >= 11 is 0.952. The van der Waals surface area contributed by atoms with Crippen molar-refractivity contribution in [1.82, 2.24) is 0 Å². The van der Waals surface area contributed by atoms with Gasteiger partial charge in [-0.2, -0.15) is 0 Å². The van der Waals surface area contributed by atoms with Crippen molar-refractivity contribution in [2.45, 2.75) is 6.04 Å². The fourth-order valence-corrected chi connectivity index (χ4v) is 1.02. The van der Waals surface area contributed by atoms with E-state index in [4.69, 9.17) is 10.8 Å². The van der Waals surface area contributed by atoms with E-state index in [-0.39, 0.29) is 41.1 Å². The van der Waals surface area contributed by atoms with Gasteiger partial charge in [-0.25, -0.2) is 0 Å². The summed E-state index contributed by atoms with van der Waals surface area (Å²) in [6.45, 7) is 0. The van der Waals surface area contributed by atoms with Gasteiger partial charge in [0.15, 0.2) is 0 Å². The molecule has 0 radical (unpaired) electrons. The van der Waals surface area contributed by atoms with Crippen molar-refractivity contribution in [1.29, 1.82) is 0 Å². The van der Waals surface area contributed by atoms with Crippen molar-refractivity contribution in [2.24, 2.45) is 5.73 Å². The fraction of sp³-hybridized carbons (Fsp3) is 0.600. The molecular weight excluding hydrogens is 193 g/mol. The molecule has 5 nitrogen and oxygen atoms in total. The van der Waals surface area contributed by atoms with E-state index in [0.717, 1.165) is 11.8 Å². The molecular formula is C5H8NNaO4S. The molecule has 12 heavy (non-hydrogen) atoms. The number of thioether (sulfide) groups is 1. The van der Waals surface area contributed by atoms with Gasteiger partial charge < -0.3 is 20.7 Å². The van der Waals surface area contributed by atoms with Crippen LogP contribution >= 0.6 is 11.8 Å². The number of carboxylic acids is 2. The van der Waals surface area contributed by atoms with Crippen LogP contribution in [0.2, 0.25) is 0 Å². The van der Waals surface area contributed by atoms with Gasteiger partial charge in [0.25, 0.3) is 0 Å². The Morgan fingerprint density at radius 3 is 2.42 bits per heavy atom. The molecule has 0 aliphatic rings. The van der Waals surface area contributed by atoms with Crippen molar-refractivity contribution in [3.8, 4) is 0 Å². The number of carboxylic acid groups (broad SMARTS) is 2. The molecule has 0 saturated heterocycles. The van der Waals surface area contributed by atoms with E-state index in [1.165, 1.54) is 0 Å². The molecule has 0 unspecified atom stereocenters. The molecule has 0 aromatic rings. The number of nitrogens with two attached hydrogens (primary N) is 1. The maximum Gasteiger partial charge on any atom is 1.00 e. The summed E-state index contributed by atoms with van der Waals surface area (Å²) in [4.78, 5) is 19.9. The Balaban J connectivity index is 0.